The average Bonchev–Trinajstić information content (AvgIpc) is 2.84. The molecule has 13 nitrogen and oxygen atoms in total. The number of carboxylic acids is 4. The molecule has 218 valence electrons. The maximum atomic E-state index is 12.8. The van der Waals surface area contributed by atoms with Gasteiger partial charge in [-0.05, 0) is 32.2 Å². The van der Waals surface area contributed by atoms with Crippen molar-refractivity contribution >= 4 is 35.7 Å². The summed E-state index contributed by atoms with van der Waals surface area (Å²) in [5.41, 5.74) is 0. The molecule has 3 unspecified atom stereocenters. The van der Waals surface area contributed by atoms with Gasteiger partial charge in [-0.3, -0.25) is 19.2 Å². The van der Waals surface area contributed by atoms with Crippen LogP contribution in [0, 0.1) is 0 Å². The fourth-order valence-corrected chi connectivity index (χ4v) is 3.73. The first-order chi connectivity index (χ1) is 18.0. The van der Waals surface area contributed by atoms with Crippen molar-refractivity contribution in [2.24, 2.45) is 0 Å². The highest BCUT2D eigenvalue weighted by atomic mass is 16.4. The molecule has 0 aromatic heterocycles. The zero-order valence-corrected chi connectivity index (χ0v) is 22.1. The number of carbonyl (C=O) groups is 6. The van der Waals surface area contributed by atoms with Gasteiger partial charge >= 0.3 is 23.9 Å². The number of nitrogens with one attached hydrogen (secondary N) is 3. The van der Waals surface area contributed by atoms with Gasteiger partial charge in [0, 0.05) is 19.3 Å². The van der Waals surface area contributed by atoms with Crippen molar-refractivity contribution in [1.29, 1.82) is 0 Å². The Morgan fingerprint density at radius 2 is 1.03 bits per heavy atom. The van der Waals surface area contributed by atoms with Crippen LogP contribution in [0.5, 0.6) is 0 Å². The van der Waals surface area contributed by atoms with Crippen LogP contribution in [-0.2, 0) is 28.8 Å². The SMILES string of the molecule is CCCCCCCCCCNC(CCC(=O)NC(CCC(=O)O)C(=O)O)C(=O)NC(CCC(=O)O)C(=O)O. The van der Waals surface area contributed by atoms with Gasteiger partial charge in [0.15, 0.2) is 0 Å². The minimum Gasteiger partial charge on any atom is -0.481 e. The lowest BCUT2D eigenvalue weighted by atomic mass is 10.1. The van der Waals surface area contributed by atoms with Crippen molar-refractivity contribution in [2.45, 2.75) is 115 Å². The molecule has 7 N–H and O–H groups in total. The number of carboxylic acid groups (broad SMARTS) is 4. The number of hydrogen-bond acceptors (Lipinski definition) is 7. The normalized spacial score (nSPS) is 13.2. The van der Waals surface area contributed by atoms with E-state index in [9.17, 15) is 39.0 Å². The maximum absolute atomic E-state index is 12.8. The fraction of sp³-hybridized carbons (Fsp3) is 0.760. The second kappa shape index (κ2) is 20.8. The number of aliphatic carboxylic acids is 4. The summed E-state index contributed by atoms with van der Waals surface area (Å²) in [5.74, 6) is -6.59. The molecule has 0 aliphatic carbocycles. The molecule has 0 saturated carbocycles. The molecule has 0 saturated heterocycles. The van der Waals surface area contributed by atoms with Gasteiger partial charge < -0.3 is 36.4 Å². The van der Waals surface area contributed by atoms with E-state index in [1.807, 2.05) is 0 Å². The largest absolute Gasteiger partial charge is 0.481 e. The molecule has 0 radical (unpaired) electrons. The smallest absolute Gasteiger partial charge is 0.326 e. The van der Waals surface area contributed by atoms with E-state index in [1.165, 1.54) is 19.3 Å². The molecule has 0 heterocycles. The Labute approximate surface area is 222 Å². The quantitative estimate of drug-likeness (QED) is 0.0866. The highest BCUT2D eigenvalue weighted by molar-refractivity contribution is 5.88. The van der Waals surface area contributed by atoms with E-state index in [2.05, 4.69) is 22.9 Å². The molecule has 13 heteroatoms. The Balaban J connectivity index is 5.00. The Morgan fingerprint density at radius 1 is 0.579 bits per heavy atom. The number of amides is 2. The monoisotopic (exact) mass is 545 g/mol. The van der Waals surface area contributed by atoms with Gasteiger partial charge in [0.05, 0.1) is 6.04 Å². The number of carbonyl (C=O) groups excluding carboxylic acids is 2. The van der Waals surface area contributed by atoms with Crippen LogP contribution in [0.1, 0.15) is 96.8 Å². The lowest BCUT2D eigenvalue weighted by Gasteiger charge is -2.22. The van der Waals surface area contributed by atoms with E-state index in [0.717, 1.165) is 32.1 Å². The van der Waals surface area contributed by atoms with Gasteiger partial charge in [0.2, 0.25) is 11.8 Å². The summed E-state index contributed by atoms with van der Waals surface area (Å²) in [4.78, 5) is 69.4. The Morgan fingerprint density at radius 3 is 1.50 bits per heavy atom. The third kappa shape index (κ3) is 18.1. The van der Waals surface area contributed by atoms with Crippen LogP contribution in [-0.4, -0.2) is 80.8 Å². The van der Waals surface area contributed by atoms with Gasteiger partial charge in [0.1, 0.15) is 12.1 Å². The molecule has 0 fully saturated rings. The minimum absolute atomic E-state index is 0.0782. The number of hydrogen-bond donors (Lipinski definition) is 7. The van der Waals surface area contributed by atoms with E-state index < -0.39 is 66.7 Å². The summed E-state index contributed by atoms with van der Waals surface area (Å²) in [7, 11) is 0. The van der Waals surface area contributed by atoms with Crippen molar-refractivity contribution in [3.63, 3.8) is 0 Å². The van der Waals surface area contributed by atoms with Gasteiger partial charge in [0.25, 0.3) is 0 Å². The summed E-state index contributed by atoms with van der Waals surface area (Å²) < 4.78 is 0. The first kappa shape index (κ1) is 34.8. The maximum Gasteiger partial charge on any atom is 0.326 e. The van der Waals surface area contributed by atoms with Crippen molar-refractivity contribution < 1.29 is 49.2 Å². The molecule has 0 aliphatic rings. The van der Waals surface area contributed by atoms with Crippen LogP contribution in [0.15, 0.2) is 0 Å². The van der Waals surface area contributed by atoms with E-state index in [0.29, 0.717) is 6.54 Å². The highest BCUT2D eigenvalue weighted by Crippen LogP contribution is 2.09. The number of unbranched alkanes of at least 4 members (excludes halogenated alkanes) is 7. The second-order valence-electron chi connectivity index (χ2n) is 9.24. The Hall–Kier alpha value is -3.22. The molecular weight excluding hydrogens is 502 g/mol. The predicted molar refractivity (Wildman–Crippen MR) is 137 cm³/mol. The lowest BCUT2D eigenvalue weighted by Crippen LogP contribution is -2.51. The molecule has 2 amide bonds. The zero-order chi connectivity index (χ0) is 28.9. The third-order valence-electron chi connectivity index (χ3n) is 5.94. The van der Waals surface area contributed by atoms with Crippen LogP contribution in [0.3, 0.4) is 0 Å². The molecule has 3 atom stereocenters. The standard InChI is InChI=1S/C25H43N3O10/c1-2-3-4-5-6-7-8-9-16-26-17(23(34)28-19(25(37)38)12-15-22(32)33)10-13-20(29)27-18(24(35)36)11-14-21(30)31/h17-19,26H,2-16H2,1H3,(H,27,29)(H,28,34)(H,30,31)(H,32,33)(H,35,36)(H,37,38). The van der Waals surface area contributed by atoms with E-state index in [-0.39, 0.29) is 25.7 Å². The molecule has 0 aromatic carbocycles. The third-order valence-corrected chi connectivity index (χ3v) is 5.94. The zero-order valence-electron chi connectivity index (χ0n) is 22.1. The van der Waals surface area contributed by atoms with E-state index in [1.54, 1.807) is 0 Å². The summed E-state index contributed by atoms with van der Waals surface area (Å²) in [6.07, 6.45) is 6.70. The Kier molecular flexibility index (Phi) is 19.0. The molecule has 0 bridgehead atoms. The van der Waals surface area contributed by atoms with Gasteiger partial charge in [-0.25, -0.2) is 9.59 Å². The number of rotatable bonds is 24. The molecule has 0 rings (SSSR count). The van der Waals surface area contributed by atoms with E-state index >= 15 is 0 Å². The minimum atomic E-state index is -1.42. The van der Waals surface area contributed by atoms with Gasteiger partial charge in [-0.2, -0.15) is 0 Å². The molecule has 0 aliphatic heterocycles. The van der Waals surface area contributed by atoms with Crippen molar-refractivity contribution in [2.75, 3.05) is 6.54 Å². The fourth-order valence-electron chi connectivity index (χ4n) is 3.73. The van der Waals surface area contributed by atoms with Crippen LogP contribution in [0.4, 0.5) is 0 Å². The Bertz CT molecular complexity index is 774. The first-order valence-corrected chi connectivity index (χ1v) is 13.2. The summed E-state index contributed by atoms with van der Waals surface area (Å²) >= 11 is 0. The average molecular weight is 546 g/mol. The van der Waals surface area contributed by atoms with Crippen LogP contribution in [0.2, 0.25) is 0 Å². The summed E-state index contributed by atoms with van der Waals surface area (Å²) in [6, 6.07) is -3.80. The second-order valence-corrected chi connectivity index (χ2v) is 9.24. The van der Waals surface area contributed by atoms with Crippen LogP contribution >= 0.6 is 0 Å². The molecule has 0 spiro atoms. The predicted octanol–water partition coefficient (Wildman–Crippen LogP) is 1.73. The first-order valence-electron chi connectivity index (χ1n) is 13.2. The van der Waals surface area contributed by atoms with Crippen molar-refractivity contribution in [3.8, 4) is 0 Å². The van der Waals surface area contributed by atoms with Crippen molar-refractivity contribution in [3.05, 3.63) is 0 Å². The van der Waals surface area contributed by atoms with Gasteiger partial charge in [-0.15, -0.1) is 0 Å². The topological polar surface area (TPSA) is 219 Å². The van der Waals surface area contributed by atoms with Crippen LogP contribution < -0.4 is 16.0 Å². The van der Waals surface area contributed by atoms with Crippen molar-refractivity contribution in [1.82, 2.24) is 16.0 Å². The summed E-state index contributed by atoms with van der Waals surface area (Å²) in [5, 5.41) is 43.7. The summed E-state index contributed by atoms with van der Waals surface area (Å²) in [6.45, 7) is 2.58. The molecular formula is C25H43N3O10. The van der Waals surface area contributed by atoms with Gasteiger partial charge in [-0.1, -0.05) is 51.9 Å². The highest BCUT2D eigenvalue weighted by Gasteiger charge is 2.27. The van der Waals surface area contributed by atoms with E-state index in [4.69, 9.17) is 10.2 Å². The molecule has 38 heavy (non-hydrogen) atoms. The van der Waals surface area contributed by atoms with Crippen LogP contribution in [0.25, 0.3) is 0 Å². The molecule has 0 aromatic rings. The lowest BCUT2D eigenvalue weighted by molar-refractivity contribution is -0.143.